The first kappa shape index (κ1) is 14.5. The Morgan fingerprint density at radius 3 is 2.48 bits per heavy atom. The molecule has 0 fully saturated rings. The number of rotatable bonds is 3. The van der Waals surface area contributed by atoms with Gasteiger partial charge < -0.3 is 5.11 Å². The quantitative estimate of drug-likeness (QED) is 0.814. The predicted molar refractivity (Wildman–Crippen MR) is 90.0 cm³/mol. The first-order valence-corrected chi connectivity index (χ1v) is 7.99. The summed E-state index contributed by atoms with van der Waals surface area (Å²) < 4.78 is 1.19. The molecule has 1 aliphatic heterocycles. The fourth-order valence-electron chi connectivity index (χ4n) is 2.81. The van der Waals surface area contributed by atoms with Crippen LogP contribution in [0.25, 0.3) is 0 Å². The smallest absolute Gasteiger partial charge is 0.321 e. The maximum absolute atomic E-state index is 11.6. The molecule has 2 aromatic rings. The Kier molecular flexibility index (Phi) is 4.26. The molecule has 1 aliphatic rings. The van der Waals surface area contributed by atoms with E-state index in [1.54, 1.807) is 0 Å². The molecular formula is C17H16INO2. The summed E-state index contributed by atoms with van der Waals surface area (Å²) in [6.45, 7) is 1.36. The monoisotopic (exact) mass is 393 g/mol. The van der Waals surface area contributed by atoms with Crippen LogP contribution in [-0.2, 0) is 24.3 Å². The fraction of sp³-hybridized carbons (Fsp3) is 0.235. The van der Waals surface area contributed by atoms with E-state index in [4.69, 9.17) is 0 Å². The van der Waals surface area contributed by atoms with Crippen molar-refractivity contribution in [3.8, 4) is 0 Å². The number of hydrogen-bond donors (Lipinski definition) is 1. The predicted octanol–water partition coefficient (Wildman–Crippen LogP) is 3.30. The van der Waals surface area contributed by atoms with Gasteiger partial charge in [0.25, 0.3) is 0 Å². The van der Waals surface area contributed by atoms with Crippen molar-refractivity contribution in [1.29, 1.82) is 0 Å². The Morgan fingerprint density at radius 2 is 1.81 bits per heavy atom. The minimum absolute atomic E-state index is 0.445. The standard InChI is InChI=1S/C17H16INO2/c18-15-7-5-12(6-8-15)10-19-11-14-4-2-1-3-13(14)9-16(19)17(20)21/h1-8,16H,9-11H2,(H,20,21). The Hall–Kier alpha value is -1.40. The molecule has 0 amide bonds. The molecule has 0 radical (unpaired) electrons. The van der Waals surface area contributed by atoms with Crippen LogP contribution in [-0.4, -0.2) is 22.0 Å². The lowest BCUT2D eigenvalue weighted by molar-refractivity contribution is -0.144. The summed E-state index contributed by atoms with van der Waals surface area (Å²) in [5, 5.41) is 9.51. The van der Waals surface area contributed by atoms with E-state index in [1.165, 1.54) is 9.13 Å². The van der Waals surface area contributed by atoms with Crippen LogP contribution in [0.2, 0.25) is 0 Å². The Bertz CT molecular complexity index is 654. The van der Waals surface area contributed by atoms with Gasteiger partial charge in [0.2, 0.25) is 0 Å². The molecule has 3 nitrogen and oxygen atoms in total. The lowest BCUT2D eigenvalue weighted by Crippen LogP contribution is -2.44. The lowest BCUT2D eigenvalue weighted by Gasteiger charge is -2.34. The summed E-state index contributed by atoms with van der Waals surface area (Å²) in [5.41, 5.74) is 3.55. The number of aliphatic carboxylic acids is 1. The van der Waals surface area contributed by atoms with E-state index in [0.717, 1.165) is 11.1 Å². The second-order valence-corrected chi connectivity index (χ2v) is 6.60. The van der Waals surface area contributed by atoms with Crippen molar-refractivity contribution in [1.82, 2.24) is 4.90 Å². The number of carboxylic acid groups (broad SMARTS) is 1. The van der Waals surface area contributed by atoms with Gasteiger partial charge in [0.05, 0.1) is 0 Å². The van der Waals surface area contributed by atoms with E-state index in [-0.39, 0.29) is 0 Å². The van der Waals surface area contributed by atoms with Crippen molar-refractivity contribution < 1.29 is 9.90 Å². The molecule has 3 rings (SSSR count). The molecule has 4 heteroatoms. The zero-order valence-corrected chi connectivity index (χ0v) is 13.7. The van der Waals surface area contributed by atoms with Gasteiger partial charge in [0.15, 0.2) is 0 Å². The molecule has 1 atom stereocenters. The highest BCUT2D eigenvalue weighted by Crippen LogP contribution is 2.25. The lowest BCUT2D eigenvalue weighted by atomic mass is 9.93. The number of hydrogen-bond acceptors (Lipinski definition) is 2. The zero-order valence-electron chi connectivity index (χ0n) is 11.5. The highest BCUT2D eigenvalue weighted by molar-refractivity contribution is 14.1. The minimum Gasteiger partial charge on any atom is -0.480 e. The van der Waals surface area contributed by atoms with Gasteiger partial charge in [-0.1, -0.05) is 36.4 Å². The third kappa shape index (κ3) is 3.27. The van der Waals surface area contributed by atoms with Gasteiger partial charge in [-0.15, -0.1) is 0 Å². The number of fused-ring (bicyclic) bond motifs is 1. The molecular weight excluding hydrogens is 377 g/mol. The van der Waals surface area contributed by atoms with Crippen LogP contribution in [0.5, 0.6) is 0 Å². The summed E-state index contributed by atoms with van der Waals surface area (Å²) in [4.78, 5) is 13.6. The molecule has 0 aromatic heterocycles. The second-order valence-electron chi connectivity index (χ2n) is 5.36. The van der Waals surface area contributed by atoms with Crippen LogP contribution in [0.1, 0.15) is 16.7 Å². The summed E-state index contributed by atoms with van der Waals surface area (Å²) in [6, 6.07) is 15.9. The van der Waals surface area contributed by atoms with E-state index in [1.807, 2.05) is 23.1 Å². The van der Waals surface area contributed by atoms with Gasteiger partial charge in [-0.05, 0) is 57.8 Å². The molecule has 0 bridgehead atoms. The second kappa shape index (κ2) is 6.15. The molecule has 21 heavy (non-hydrogen) atoms. The maximum Gasteiger partial charge on any atom is 0.321 e. The van der Waals surface area contributed by atoms with E-state index in [9.17, 15) is 9.90 Å². The van der Waals surface area contributed by atoms with E-state index in [0.29, 0.717) is 19.5 Å². The molecule has 0 spiro atoms. The van der Waals surface area contributed by atoms with Gasteiger partial charge in [0.1, 0.15) is 6.04 Å². The number of halogens is 1. The normalized spacial score (nSPS) is 18.2. The van der Waals surface area contributed by atoms with Crippen LogP contribution >= 0.6 is 22.6 Å². The van der Waals surface area contributed by atoms with Gasteiger partial charge in [-0.25, -0.2) is 0 Å². The van der Waals surface area contributed by atoms with Gasteiger partial charge in [-0.2, -0.15) is 0 Å². The molecule has 108 valence electrons. The Morgan fingerprint density at radius 1 is 1.14 bits per heavy atom. The summed E-state index contributed by atoms with van der Waals surface area (Å²) in [5.74, 6) is -0.741. The van der Waals surface area contributed by atoms with E-state index in [2.05, 4.69) is 52.9 Å². The SMILES string of the molecule is O=C(O)C1Cc2ccccc2CN1Cc1ccc(I)cc1. The van der Waals surface area contributed by atoms with Crippen LogP contribution < -0.4 is 0 Å². The van der Waals surface area contributed by atoms with Crippen LogP contribution in [0.15, 0.2) is 48.5 Å². The van der Waals surface area contributed by atoms with Crippen molar-refractivity contribution in [3.05, 3.63) is 68.8 Å². The fourth-order valence-corrected chi connectivity index (χ4v) is 3.17. The van der Waals surface area contributed by atoms with Gasteiger partial charge >= 0.3 is 5.97 Å². The van der Waals surface area contributed by atoms with E-state index >= 15 is 0 Å². The topological polar surface area (TPSA) is 40.5 Å². The molecule has 2 aromatic carbocycles. The maximum atomic E-state index is 11.6. The van der Waals surface area contributed by atoms with Crippen molar-refractivity contribution in [2.45, 2.75) is 25.6 Å². The van der Waals surface area contributed by atoms with Crippen LogP contribution in [0.3, 0.4) is 0 Å². The summed E-state index contributed by atoms with van der Waals surface area (Å²) >= 11 is 2.27. The van der Waals surface area contributed by atoms with Crippen molar-refractivity contribution in [3.63, 3.8) is 0 Å². The van der Waals surface area contributed by atoms with E-state index < -0.39 is 12.0 Å². The first-order chi connectivity index (χ1) is 10.1. The molecule has 0 saturated heterocycles. The number of carbonyl (C=O) groups is 1. The number of nitrogens with zero attached hydrogens (tertiary/aromatic N) is 1. The molecule has 0 saturated carbocycles. The molecule has 1 heterocycles. The number of benzene rings is 2. The Balaban J connectivity index is 1.85. The largest absolute Gasteiger partial charge is 0.480 e. The van der Waals surface area contributed by atoms with Crippen molar-refractivity contribution in [2.24, 2.45) is 0 Å². The average Bonchev–Trinajstić information content (AvgIpc) is 2.48. The third-order valence-corrected chi connectivity index (χ3v) is 4.65. The summed E-state index contributed by atoms with van der Waals surface area (Å²) in [7, 11) is 0. The summed E-state index contributed by atoms with van der Waals surface area (Å²) in [6.07, 6.45) is 0.579. The highest BCUT2D eigenvalue weighted by atomic mass is 127. The average molecular weight is 393 g/mol. The van der Waals surface area contributed by atoms with Gasteiger partial charge in [0, 0.05) is 16.7 Å². The van der Waals surface area contributed by atoms with Crippen LogP contribution in [0.4, 0.5) is 0 Å². The van der Waals surface area contributed by atoms with Crippen molar-refractivity contribution >= 4 is 28.6 Å². The molecule has 0 aliphatic carbocycles. The first-order valence-electron chi connectivity index (χ1n) is 6.91. The van der Waals surface area contributed by atoms with Gasteiger partial charge in [-0.3, -0.25) is 9.69 Å². The van der Waals surface area contributed by atoms with Crippen LogP contribution in [0, 0.1) is 3.57 Å². The molecule has 1 N–H and O–H groups in total. The minimum atomic E-state index is -0.741. The Labute approximate surface area is 137 Å². The zero-order chi connectivity index (χ0) is 14.8. The third-order valence-electron chi connectivity index (χ3n) is 3.93. The molecule has 1 unspecified atom stereocenters. The number of carboxylic acids is 1. The van der Waals surface area contributed by atoms with Crippen molar-refractivity contribution in [2.75, 3.05) is 0 Å². The highest BCUT2D eigenvalue weighted by Gasteiger charge is 2.31.